The van der Waals surface area contributed by atoms with E-state index in [0.717, 1.165) is 43.5 Å². The van der Waals surface area contributed by atoms with Gasteiger partial charge in [0.1, 0.15) is 5.76 Å². The van der Waals surface area contributed by atoms with Gasteiger partial charge in [-0.25, -0.2) is 9.98 Å². The lowest BCUT2D eigenvalue weighted by molar-refractivity contribution is 0.146. The van der Waals surface area contributed by atoms with Gasteiger partial charge in [-0.1, -0.05) is 12.5 Å². The van der Waals surface area contributed by atoms with Crippen molar-refractivity contribution in [2.75, 3.05) is 32.8 Å². The van der Waals surface area contributed by atoms with E-state index < -0.39 is 0 Å². The van der Waals surface area contributed by atoms with E-state index in [2.05, 4.69) is 33.5 Å². The fourth-order valence-electron chi connectivity index (χ4n) is 3.63. The molecule has 2 N–H and O–H groups in total. The van der Waals surface area contributed by atoms with Crippen molar-refractivity contribution in [1.29, 1.82) is 0 Å². The molecule has 30 heavy (non-hydrogen) atoms. The van der Waals surface area contributed by atoms with E-state index >= 15 is 0 Å². The highest BCUT2D eigenvalue weighted by atomic mass is 127. The molecule has 166 valence electrons. The van der Waals surface area contributed by atoms with Crippen molar-refractivity contribution in [3.8, 4) is 5.88 Å². The minimum absolute atomic E-state index is 0. The predicted octanol–water partition coefficient (Wildman–Crippen LogP) is 3.97. The second kappa shape index (κ2) is 13.5. The summed E-state index contributed by atoms with van der Waals surface area (Å²) in [6, 6.07) is 8.14. The molecule has 1 aliphatic heterocycles. The van der Waals surface area contributed by atoms with Crippen molar-refractivity contribution in [3.05, 3.63) is 48.0 Å². The van der Waals surface area contributed by atoms with Gasteiger partial charge < -0.3 is 19.8 Å². The van der Waals surface area contributed by atoms with Crippen LogP contribution in [0.2, 0.25) is 0 Å². The third-order valence-electron chi connectivity index (χ3n) is 5.05. The summed E-state index contributed by atoms with van der Waals surface area (Å²) < 4.78 is 11.4. The molecule has 0 bridgehead atoms. The van der Waals surface area contributed by atoms with E-state index in [4.69, 9.17) is 14.1 Å². The molecule has 0 aromatic carbocycles. The number of ether oxygens (including phenoxy) is 1. The van der Waals surface area contributed by atoms with E-state index in [0.29, 0.717) is 19.0 Å². The summed E-state index contributed by atoms with van der Waals surface area (Å²) >= 11 is 0. The number of guanidine groups is 1. The van der Waals surface area contributed by atoms with Crippen LogP contribution in [-0.2, 0) is 6.54 Å². The van der Waals surface area contributed by atoms with Gasteiger partial charge in [0, 0.05) is 24.8 Å². The number of hydrogen-bond donors (Lipinski definition) is 2. The normalized spacial score (nSPS) is 15.9. The Morgan fingerprint density at radius 2 is 2.03 bits per heavy atom. The molecular weight excluding hydrogens is 493 g/mol. The van der Waals surface area contributed by atoms with Gasteiger partial charge in [-0.2, -0.15) is 0 Å². The number of nitrogens with zero attached hydrogens (tertiary/aromatic N) is 3. The fraction of sp³-hybridized carbons (Fsp3) is 0.545. The number of likely N-dealkylation sites (tertiary alicyclic amines) is 1. The van der Waals surface area contributed by atoms with Gasteiger partial charge in [0.05, 0.1) is 25.5 Å². The lowest BCUT2D eigenvalue weighted by Crippen LogP contribution is -2.44. The minimum atomic E-state index is 0. The Bertz CT molecular complexity index is 748. The van der Waals surface area contributed by atoms with Crippen LogP contribution in [0.1, 0.15) is 50.5 Å². The van der Waals surface area contributed by atoms with Gasteiger partial charge in [0.2, 0.25) is 5.88 Å². The molecule has 1 unspecified atom stereocenters. The van der Waals surface area contributed by atoms with Crippen LogP contribution >= 0.6 is 24.0 Å². The number of halogens is 1. The topological polar surface area (TPSA) is 74.9 Å². The summed E-state index contributed by atoms with van der Waals surface area (Å²) in [5.74, 6) is 2.44. The highest BCUT2D eigenvalue weighted by molar-refractivity contribution is 14.0. The third kappa shape index (κ3) is 7.16. The monoisotopic (exact) mass is 527 g/mol. The zero-order chi connectivity index (χ0) is 20.3. The number of nitrogens with one attached hydrogen (secondary N) is 2. The number of pyridine rings is 1. The van der Waals surface area contributed by atoms with E-state index in [1.807, 2.05) is 25.1 Å². The number of aromatic nitrogens is 1. The molecule has 8 heteroatoms. The van der Waals surface area contributed by atoms with Gasteiger partial charge >= 0.3 is 0 Å². The lowest BCUT2D eigenvalue weighted by Gasteiger charge is -2.33. The molecular formula is C22H34IN5O2. The van der Waals surface area contributed by atoms with Crippen molar-refractivity contribution in [3.63, 3.8) is 0 Å². The number of piperidine rings is 1. The molecule has 2 aromatic rings. The van der Waals surface area contributed by atoms with Crippen LogP contribution in [0.25, 0.3) is 0 Å². The van der Waals surface area contributed by atoms with Crippen LogP contribution in [0.5, 0.6) is 5.88 Å². The zero-order valence-electron chi connectivity index (χ0n) is 18.0. The highest BCUT2D eigenvalue weighted by Crippen LogP contribution is 2.24. The first-order valence-electron chi connectivity index (χ1n) is 10.7. The molecule has 0 saturated carbocycles. The summed E-state index contributed by atoms with van der Waals surface area (Å²) in [7, 11) is 0. The van der Waals surface area contributed by atoms with Crippen LogP contribution in [0.4, 0.5) is 0 Å². The molecule has 0 amide bonds. The molecule has 7 nitrogen and oxygen atoms in total. The van der Waals surface area contributed by atoms with Gasteiger partial charge in [-0.05, 0) is 58.0 Å². The lowest BCUT2D eigenvalue weighted by atomic mass is 10.1. The molecule has 0 spiro atoms. The molecule has 0 radical (unpaired) electrons. The first kappa shape index (κ1) is 24.5. The Hall–Kier alpha value is -1.81. The van der Waals surface area contributed by atoms with E-state index in [-0.39, 0.29) is 30.0 Å². The maximum absolute atomic E-state index is 5.75. The maximum Gasteiger partial charge on any atom is 0.218 e. The first-order chi connectivity index (χ1) is 14.3. The van der Waals surface area contributed by atoms with E-state index in [1.165, 1.54) is 19.3 Å². The number of rotatable bonds is 9. The van der Waals surface area contributed by atoms with Crippen molar-refractivity contribution in [1.82, 2.24) is 20.5 Å². The van der Waals surface area contributed by atoms with E-state index in [9.17, 15) is 0 Å². The Labute approximate surface area is 196 Å². The zero-order valence-corrected chi connectivity index (χ0v) is 20.3. The number of hydrogen-bond acceptors (Lipinski definition) is 5. The Morgan fingerprint density at radius 1 is 1.20 bits per heavy atom. The quantitative estimate of drug-likeness (QED) is 0.292. The number of furan rings is 1. The van der Waals surface area contributed by atoms with Crippen LogP contribution in [0.3, 0.4) is 0 Å². The molecule has 1 saturated heterocycles. The van der Waals surface area contributed by atoms with Crippen LogP contribution in [-0.4, -0.2) is 48.6 Å². The molecule has 1 atom stereocenters. The van der Waals surface area contributed by atoms with Gasteiger partial charge in [0.15, 0.2) is 5.96 Å². The van der Waals surface area contributed by atoms with Gasteiger partial charge in [0.25, 0.3) is 0 Å². The molecule has 3 heterocycles. The van der Waals surface area contributed by atoms with Crippen LogP contribution < -0.4 is 15.4 Å². The van der Waals surface area contributed by atoms with Crippen molar-refractivity contribution in [2.45, 2.75) is 45.7 Å². The summed E-state index contributed by atoms with van der Waals surface area (Å²) in [5.41, 5.74) is 0.977. The standard InChI is InChI=1S/C22H33N5O2.HI/c1-3-23-22(25-16-18-10-8-12-24-21(18)28-4-2)26-17-19(20-11-9-15-29-20)27-13-6-5-7-14-27;/h8-12,15,19H,3-7,13-14,16-17H2,1-2H3,(H2,23,25,26);1H. The predicted molar refractivity (Wildman–Crippen MR) is 131 cm³/mol. The molecule has 1 aliphatic rings. The van der Waals surface area contributed by atoms with Crippen molar-refractivity contribution >= 4 is 29.9 Å². The van der Waals surface area contributed by atoms with Gasteiger partial charge in [-0.3, -0.25) is 4.90 Å². The Kier molecular flexibility index (Phi) is 11.0. The summed E-state index contributed by atoms with van der Waals surface area (Å²) in [4.78, 5) is 11.6. The second-order valence-electron chi connectivity index (χ2n) is 7.10. The van der Waals surface area contributed by atoms with Crippen LogP contribution in [0.15, 0.2) is 46.1 Å². The molecule has 1 fully saturated rings. The second-order valence-corrected chi connectivity index (χ2v) is 7.10. The number of aliphatic imine (C=N–C) groups is 1. The SMILES string of the molecule is CCNC(=NCc1cccnc1OCC)NCC(c1ccco1)N1CCCCC1.I. The summed E-state index contributed by atoms with van der Waals surface area (Å²) in [6.07, 6.45) is 7.29. The van der Waals surface area contributed by atoms with Crippen LogP contribution in [0, 0.1) is 0 Å². The average Bonchev–Trinajstić information content (AvgIpc) is 3.28. The Morgan fingerprint density at radius 3 is 2.73 bits per heavy atom. The minimum Gasteiger partial charge on any atom is -0.478 e. The average molecular weight is 527 g/mol. The Balaban J connectivity index is 0.00000320. The molecule has 2 aromatic heterocycles. The fourth-order valence-corrected chi connectivity index (χ4v) is 3.63. The highest BCUT2D eigenvalue weighted by Gasteiger charge is 2.24. The van der Waals surface area contributed by atoms with Crippen molar-refractivity contribution < 1.29 is 9.15 Å². The molecule has 3 rings (SSSR count). The summed E-state index contributed by atoms with van der Waals surface area (Å²) in [6.45, 7) is 8.88. The first-order valence-corrected chi connectivity index (χ1v) is 10.7. The maximum atomic E-state index is 5.75. The third-order valence-corrected chi connectivity index (χ3v) is 5.05. The summed E-state index contributed by atoms with van der Waals surface area (Å²) in [5, 5.41) is 6.84. The van der Waals surface area contributed by atoms with Crippen molar-refractivity contribution in [2.24, 2.45) is 4.99 Å². The largest absolute Gasteiger partial charge is 0.478 e. The smallest absolute Gasteiger partial charge is 0.218 e. The van der Waals surface area contributed by atoms with Gasteiger partial charge in [-0.15, -0.1) is 24.0 Å². The molecule has 0 aliphatic carbocycles. The van der Waals surface area contributed by atoms with E-state index in [1.54, 1.807) is 12.5 Å².